The molecule has 1 aromatic heterocycles. The highest BCUT2D eigenvalue weighted by Gasteiger charge is 2.20. The molecule has 0 bridgehead atoms. The van der Waals surface area contributed by atoms with E-state index < -0.39 is 17.8 Å². The molecular formula is C20H20N3O5S+. The molecule has 2 aromatic rings. The van der Waals surface area contributed by atoms with E-state index in [-0.39, 0.29) is 22.6 Å². The summed E-state index contributed by atoms with van der Waals surface area (Å²) in [4.78, 5) is 39.3. The van der Waals surface area contributed by atoms with E-state index in [0.717, 1.165) is 23.0 Å². The highest BCUT2D eigenvalue weighted by Crippen LogP contribution is 2.23. The number of esters is 2. The lowest BCUT2D eigenvalue weighted by molar-refractivity contribution is -0.435. The van der Waals surface area contributed by atoms with Crippen molar-refractivity contribution in [1.29, 1.82) is 5.26 Å². The first kappa shape index (κ1) is 21.9. The molecular weight excluding hydrogens is 394 g/mol. The van der Waals surface area contributed by atoms with Gasteiger partial charge in [0.2, 0.25) is 5.91 Å². The van der Waals surface area contributed by atoms with Crippen molar-refractivity contribution in [2.45, 2.75) is 18.9 Å². The number of aromatic nitrogens is 1. The van der Waals surface area contributed by atoms with Crippen molar-refractivity contribution in [2.24, 2.45) is 0 Å². The van der Waals surface area contributed by atoms with Crippen LogP contribution in [0, 0.1) is 25.2 Å². The number of nitrogens with one attached hydrogen (secondary N) is 2. The van der Waals surface area contributed by atoms with Crippen LogP contribution in [0.25, 0.3) is 0 Å². The summed E-state index contributed by atoms with van der Waals surface area (Å²) in [7, 11) is 2.45. The molecule has 9 heteroatoms. The number of hydrogen-bond acceptors (Lipinski definition) is 7. The molecule has 1 heterocycles. The zero-order chi connectivity index (χ0) is 21.6. The Bertz CT molecular complexity index is 1010. The average molecular weight is 414 g/mol. The number of rotatable bonds is 6. The molecule has 0 saturated heterocycles. The largest absolute Gasteiger partial charge is 0.465 e. The Morgan fingerprint density at radius 3 is 2.45 bits per heavy atom. The van der Waals surface area contributed by atoms with Crippen LogP contribution < -0.4 is 10.3 Å². The van der Waals surface area contributed by atoms with E-state index >= 15 is 0 Å². The minimum atomic E-state index is -0.654. The maximum atomic E-state index is 12.5. The van der Waals surface area contributed by atoms with Gasteiger partial charge in [-0.2, -0.15) is 5.26 Å². The van der Waals surface area contributed by atoms with Gasteiger partial charge in [-0.3, -0.25) is 4.79 Å². The second-order valence-electron chi connectivity index (χ2n) is 6.03. The number of nitriles is 1. The van der Waals surface area contributed by atoms with Gasteiger partial charge in [-0.25, -0.2) is 14.6 Å². The van der Waals surface area contributed by atoms with Crippen LogP contribution in [0.15, 0.2) is 29.3 Å². The van der Waals surface area contributed by atoms with Crippen LogP contribution in [0.5, 0.6) is 0 Å². The number of aryl methyl sites for hydroxylation is 2. The number of anilines is 1. The van der Waals surface area contributed by atoms with Gasteiger partial charge in [0, 0.05) is 13.0 Å². The molecule has 2 N–H and O–H groups in total. The Hall–Kier alpha value is -3.38. The highest BCUT2D eigenvalue weighted by atomic mass is 32.2. The molecule has 29 heavy (non-hydrogen) atoms. The van der Waals surface area contributed by atoms with Gasteiger partial charge in [0.15, 0.2) is 5.69 Å². The number of carbonyl (C=O) groups is 3. The zero-order valence-corrected chi connectivity index (χ0v) is 17.2. The van der Waals surface area contributed by atoms with Gasteiger partial charge in [0.1, 0.15) is 11.6 Å². The maximum Gasteiger partial charge on any atom is 0.339 e. The molecule has 8 nitrogen and oxygen atoms in total. The molecule has 2 rings (SSSR count). The first-order chi connectivity index (χ1) is 13.8. The van der Waals surface area contributed by atoms with E-state index in [4.69, 9.17) is 4.74 Å². The number of carbonyl (C=O) groups excluding carboxylic acids is 3. The van der Waals surface area contributed by atoms with E-state index in [1.165, 1.54) is 32.4 Å². The summed E-state index contributed by atoms with van der Waals surface area (Å²) in [6.45, 7) is 3.68. The quantitative estimate of drug-likeness (QED) is 0.569. The fourth-order valence-electron chi connectivity index (χ4n) is 2.61. The SMILES string of the molecule is COC(=O)c1ccc(C(=O)OC)c(NC(=O)CSc2[nH+]c(C)cc(C)c2C#N)c1. The number of benzene rings is 1. The summed E-state index contributed by atoms with van der Waals surface area (Å²) in [5.74, 6) is -1.69. The van der Waals surface area contributed by atoms with Crippen molar-refractivity contribution < 1.29 is 28.8 Å². The standard InChI is InChI=1S/C20H19N3O5S/c1-11-7-12(2)22-18(15(11)9-21)29-10-17(24)23-16-8-13(19(25)27-3)5-6-14(16)20(26)28-4/h5-8H,10H2,1-4H3,(H,23,24)/p+1. The molecule has 0 spiro atoms. The van der Waals surface area contributed by atoms with Crippen LogP contribution in [-0.2, 0) is 14.3 Å². The van der Waals surface area contributed by atoms with Crippen molar-refractivity contribution in [3.05, 3.63) is 52.2 Å². The molecule has 0 saturated carbocycles. The number of hydrogen-bond donors (Lipinski definition) is 1. The number of ether oxygens (including phenoxy) is 2. The maximum absolute atomic E-state index is 12.5. The van der Waals surface area contributed by atoms with E-state index in [1.807, 2.05) is 19.9 Å². The third-order valence-corrected chi connectivity index (χ3v) is 4.95. The summed E-state index contributed by atoms with van der Waals surface area (Å²) < 4.78 is 9.39. The van der Waals surface area contributed by atoms with Crippen molar-refractivity contribution >= 4 is 35.3 Å². The number of nitrogens with zero attached hydrogens (tertiary/aromatic N) is 1. The molecule has 1 aromatic carbocycles. The normalized spacial score (nSPS) is 10.0. The Morgan fingerprint density at radius 1 is 1.14 bits per heavy atom. The fourth-order valence-corrected chi connectivity index (χ4v) is 3.54. The Morgan fingerprint density at radius 2 is 1.83 bits per heavy atom. The highest BCUT2D eigenvalue weighted by molar-refractivity contribution is 7.99. The van der Waals surface area contributed by atoms with Crippen molar-refractivity contribution in [3.63, 3.8) is 0 Å². The monoisotopic (exact) mass is 414 g/mol. The summed E-state index contributed by atoms with van der Waals surface area (Å²) >= 11 is 1.16. The lowest BCUT2D eigenvalue weighted by Gasteiger charge is -2.11. The Kier molecular flexibility index (Phi) is 7.33. The predicted octanol–water partition coefficient (Wildman–Crippen LogP) is 2.29. The van der Waals surface area contributed by atoms with E-state index in [9.17, 15) is 19.6 Å². The van der Waals surface area contributed by atoms with E-state index in [2.05, 4.69) is 21.1 Å². The molecule has 0 radical (unpaired) electrons. The molecule has 0 fully saturated rings. The molecule has 0 aliphatic heterocycles. The van der Waals surface area contributed by atoms with Gasteiger partial charge in [-0.15, -0.1) is 0 Å². The number of methoxy groups -OCH3 is 2. The molecule has 0 aliphatic carbocycles. The Labute approximate surface area is 172 Å². The number of thioether (sulfide) groups is 1. The molecule has 0 aliphatic rings. The minimum absolute atomic E-state index is 0.0167. The van der Waals surface area contributed by atoms with Gasteiger partial charge >= 0.3 is 11.9 Å². The average Bonchev–Trinajstić information content (AvgIpc) is 2.70. The van der Waals surface area contributed by atoms with E-state index in [0.29, 0.717) is 10.6 Å². The smallest absolute Gasteiger partial charge is 0.339 e. The summed E-state index contributed by atoms with van der Waals surface area (Å²) in [6, 6.07) is 8.12. The van der Waals surface area contributed by atoms with Crippen molar-refractivity contribution in [1.82, 2.24) is 0 Å². The second kappa shape index (κ2) is 9.71. The number of amides is 1. The number of H-pyrrole nitrogens is 1. The zero-order valence-electron chi connectivity index (χ0n) is 16.4. The Balaban J connectivity index is 2.23. The van der Waals surface area contributed by atoms with Crippen LogP contribution in [0.1, 0.15) is 37.5 Å². The van der Waals surface area contributed by atoms with Crippen LogP contribution >= 0.6 is 11.8 Å². The summed E-state index contributed by atoms with van der Waals surface area (Å²) in [5.41, 5.74) is 2.56. The fraction of sp³-hybridized carbons (Fsp3) is 0.250. The number of aromatic amines is 1. The van der Waals surface area contributed by atoms with Crippen molar-refractivity contribution in [2.75, 3.05) is 25.3 Å². The molecule has 150 valence electrons. The molecule has 0 atom stereocenters. The number of pyridine rings is 1. The van der Waals surface area contributed by atoms with Gasteiger partial charge in [-0.1, -0.05) is 0 Å². The van der Waals surface area contributed by atoms with Gasteiger partial charge in [-0.05, 0) is 42.4 Å². The van der Waals surface area contributed by atoms with E-state index in [1.54, 1.807) is 0 Å². The topological polar surface area (TPSA) is 120 Å². The predicted molar refractivity (Wildman–Crippen MR) is 106 cm³/mol. The van der Waals surface area contributed by atoms with Crippen LogP contribution in [0.3, 0.4) is 0 Å². The molecule has 1 amide bonds. The first-order valence-corrected chi connectivity index (χ1v) is 9.46. The molecule has 0 unspecified atom stereocenters. The lowest BCUT2D eigenvalue weighted by Crippen LogP contribution is -2.20. The van der Waals surface area contributed by atoms with Gasteiger partial charge < -0.3 is 14.8 Å². The van der Waals surface area contributed by atoms with Crippen LogP contribution in [0.2, 0.25) is 0 Å². The second-order valence-corrected chi connectivity index (χ2v) is 7.02. The first-order valence-electron chi connectivity index (χ1n) is 8.47. The van der Waals surface area contributed by atoms with Crippen molar-refractivity contribution in [3.8, 4) is 6.07 Å². The summed E-state index contributed by atoms with van der Waals surface area (Å²) in [6.07, 6.45) is 0. The van der Waals surface area contributed by atoms with Crippen LogP contribution in [-0.4, -0.2) is 37.8 Å². The van der Waals surface area contributed by atoms with Crippen LogP contribution in [0.4, 0.5) is 5.69 Å². The van der Waals surface area contributed by atoms with Gasteiger partial charge in [0.25, 0.3) is 5.03 Å². The third kappa shape index (κ3) is 5.33. The summed E-state index contributed by atoms with van der Waals surface area (Å²) in [5, 5.41) is 12.5. The minimum Gasteiger partial charge on any atom is -0.465 e. The van der Waals surface area contributed by atoms with Gasteiger partial charge in [0.05, 0.1) is 36.8 Å². The third-order valence-electron chi connectivity index (χ3n) is 3.94. The lowest BCUT2D eigenvalue weighted by atomic mass is 10.1.